The standard InChI is InChI=1S/C11H13N3O2S2/c1-7(9(15)14-11-12-4-6-18-11)13-10(16)8-3-2-5-17-8/h2-3,5,7H,4,6H2,1H3,(H,13,16)(H,12,14,15)/t7-/m0/s1. The molecule has 5 nitrogen and oxygen atoms in total. The molecular formula is C11H13N3O2S2. The topological polar surface area (TPSA) is 70.6 Å². The number of carbonyl (C=O) groups is 2. The van der Waals surface area contributed by atoms with E-state index in [0.29, 0.717) is 10.0 Å². The Hall–Kier alpha value is -1.34. The van der Waals surface area contributed by atoms with Gasteiger partial charge >= 0.3 is 0 Å². The van der Waals surface area contributed by atoms with Crippen molar-refractivity contribution < 1.29 is 9.59 Å². The quantitative estimate of drug-likeness (QED) is 0.872. The summed E-state index contributed by atoms with van der Waals surface area (Å²) in [6, 6.07) is 2.94. The molecule has 1 aliphatic heterocycles. The van der Waals surface area contributed by atoms with Crippen LogP contribution in [0, 0.1) is 0 Å². The molecule has 1 aromatic rings. The Morgan fingerprint density at radius 2 is 2.33 bits per heavy atom. The lowest BCUT2D eigenvalue weighted by Crippen LogP contribution is -2.45. The van der Waals surface area contributed by atoms with Crippen LogP contribution in [0.3, 0.4) is 0 Å². The number of nitrogens with one attached hydrogen (secondary N) is 2. The Labute approximate surface area is 113 Å². The summed E-state index contributed by atoms with van der Waals surface area (Å²) in [4.78, 5) is 28.3. The number of rotatable bonds is 3. The number of amidine groups is 1. The van der Waals surface area contributed by atoms with Crippen molar-refractivity contribution in [3.05, 3.63) is 22.4 Å². The highest BCUT2D eigenvalue weighted by atomic mass is 32.2. The molecule has 0 spiro atoms. The molecule has 96 valence electrons. The number of carbonyl (C=O) groups excluding carboxylic acids is 2. The first-order valence-corrected chi connectivity index (χ1v) is 7.36. The van der Waals surface area contributed by atoms with Crippen LogP contribution in [-0.4, -0.2) is 35.3 Å². The van der Waals surface area contributed by atoms with Crippen LogP contribution < -0.4 is 10.6 Å². The van der Waals surface area contributed by atoms with Gasteiger partial charge in [-0.1, -0.05) is 17.8 Å². The van der Waals surface area contributed by atoms with Gasteiger partial charge in [-0.15, -0.1) is 11.3 Å². The fourth-order valence-corrected chi connectivity index (χ4v) is 2.72. The number of nitrogens with zero attached hydrogens (tertiary/aromatic N) is 1. The lowest BCUT2D eigenvalue weighted by atomic mass is 10.3. The summed E-state index contributed by atoms with van der Waals surface area (Å²) in [5.41, 5.74) is 0. The lowest BCUT2D eigenvalue weighted by Gasteiger charge is -2.12. The Morgan fingerprint density at radius 3 is 2.94 bits per heavy atom. The zero-order valence-electron chi connectivity index (χ0n) is 9.80. The number of hydrogen-bond acceptors (Lipinski definition) is 5. The maximum absolute atomic E-state index is 11.8. The number of amides is 2. The van der Waals surface area contributed by atoms with E-state index in [2.05, 4.69) is 15.6 Å². The van der Waals surface area contributed by atoms with Crippen molar-refractivity contribution in [1.29, 1.82) is 0 Å². The van der Waals surface area contributed by atoms with E-state index in [4.69, 9.17) is 0 Å². The van der Waals surface area contributed by atoms with Crippen LogP contribution in [-0.2, 0) is 4.79 Å². The Bertz CT molecular complexity index is 471. The Kier molecular flexibility index (Phi) is 4.38. The molecule has 2 heterocycles. The van der Waals surface area contributed by atoms with Crippen LogP contribution in [0.25, 0.3) is 0 Å². The second-order valence-electron chi connectivity index (χ2n) is 3.70. The summed E-state index contributed by atoms with van der Waals surface area (Å²) < 4.78 is 0. The van der Waals surface area contributed by atoms with Crippen molar-refractivity contribution in [3.63, 3.8) is 0 Å². The average molecular weight is 283 g/mol. The van der Waals surface area contributed by atoms with Crippen LogP contribution in [0.4, 0.5) is 0 Å². The fraction of sp³-hybridized carbons (Fsp3) is 0.364. The minimum atomic E-state index is -0.580. The molecule has 2 amide bonds. The second kappa shape index (κ2) is 6.01. The van der Waals surface area contributed by atoms with Gasteiger partial charge in [0.1, 0.15) is 6.04 Å². The largest absolute Gasteiger partial charge is 0.340 e. The van der Waals surface area contributed by atoms with E-state index >= 15 is 0 Å². The summed E-state index contributed by atoms with van der Waals surface area (Å²) in [5.74, 6) is 0.424. The van der Waals surface area contributed by atoms with Gasteiger partial charge in [0, 0.05) is 5.75 Å². The van der Waals surface area contributed by atoms with Crippen LogP contribution in [0.5, 0.6) is 0 Å². The van der Waals surface area contributed by atoms with Crippen LogP contribution >= 0.6 is 23.1 Å². The van der Waals surface area contributed by atoms with E-state index in [-0.39, 0.29) is 11.8 Å². The van der Waals surface area contributed by atoms with Crippen molar-refractivity contribution in [2.75, 3.05) is 12.3 Å². The van der Waals surface area contributed by atoms with Crippen LogP contribution in [0.1, 0.15) is 16.6 Å². The van der Waals surface area contributed by atoms with Crippen molar-refractivity contribution >= 4 is 40.1 Å². The monoisotopic (exact) mass is 283 g/mol. The van der Waals surface area contributed by atoms with Crippen LogP contribution in [0.2, 0.25) is 0 Å². The summed E-state index contributed by atoms with van der Waals surface area (Å²) in [7, 11) is 0. The lowest BCUT2D eigenvalue weighted by molar-refractivity contribution is -0.121. The third kappa shape index (κ3) is 3.33. The first-order valence-electron chi connectivity index (χ1n) is 5.49. The predicted molar refractivity (Wildman–Crippen MR) is 74.1 cm³/mol. The van der Waals surface area contributed by atoms with E-state index in [1.807, 2.05) is 5.38 Å². The second-order valence-corrected chi connectivity index (χ2v) is 5.73. The maximum atomic E-state index is 11.8. The zero-order valence-corrected chi connectivity index (χ0v) is 11.4. The molecular weight excluding hydrogens is 270 g/mol. The first-order chi connectivity index (χ1) is 8.66. The number of thioether (sulfide) groups is 1. The van der Waals surface area contributed by atoms with Crippen molar-refractivity contribution in [2.24, 2.45) is 4.99 Å². The van der Waals surface area contributed by atoms with Crippen molar-refractivity contribution in [3.8, 4) is 0 Å². The van der Waals surface area contributed by atoms with Crippen molar-refractivity contribution in [2.45, 2.75) is 13.0 Å². The third-order valence-corrected chi connectivity index (χ3v) is 4.06. The molecule has 1 aliphatic rings. The van der Waals surface area contributed by atoms with Gasteiger partial charge in [0.25, 0.3) is 5.91 Å². The van der Waals surface area contributed by atoms with Gasteiger partial charge in [-0.05, 0) is 18.4 Å². The molecule has 1 aromatic heterocycles. The zero-order chi connectivity index (χ0) is 13.0. The molecule has 0 fully saturated rings. The van der Waals surface area contributed by atoms with Gasteiger partial charge in [0.05, 0.1) is 11.4 Å². The molecule has 18 heavy (non-hydrogen) atoms. The summed E-state index contributed by atoms with van der Waals surface area (Å²) >= 11 is 2.86. The predicted octanol–water partition coefficient (Wildman–Crippen LogP) is 1.09. The van der Waals surface area contributed by atoms with Crippen LogP contribution in [0.15, 0.2) is 22.5 Å². The molecule has 0 bridgehead atoms. The summed E-state index contributed by atoms with van der Waals surface area (Å²) in [5, 5.41) is 7.80. The van der Waals surface area contributed by atoms with E-state index in [1.54, 1.807) is 19.1 Å². The molecule has 7 heteroatoms. The van der Waals surface area contributed by atoms with E-state index in [9.17, 15) is 9.59 Å². The molecule has 0 saturated carbocycles. The molecule has 0 aliphatic carbocycles. The molecule has 2 N–H and O–H groups in total. The van der Waals surface area contributed by atoms with Gasteiger partial charge in [-0.25, -0.2) is 0 Å². The minimum Gasteiger partial charge on any atom is -0.340 e. The highest BCUT2D eigenvalue weighted by Crippen LogP contribution is 2.10. The summed E-state index contributed by atoms with van der Waals surface area (Å²) in [6.45, 7) is 2.39. The van der Waals surface area contributed by atoms with E-state index in [1.165, 1.54) is 23.1 Å². The number of aliphatic imine (C=N–C) groups is 1. The van der Waals surface area contributed by atoms with Gasteiger partial charge in [-0.2, -0.15) is 0 Å². The Morgan fingerprint density at radius 1 is 1.50 bits per heavy atom. The molecule has 0 unspecified atom stereocenters. The van der Waals surface area contributed by atoms with E-state index < -0.39 is 6.04 Å². The number of hydrogen-bond donors (Lipinski definition) is 2. The maximum Gasteiger partial charge on any atom is 0.261 e. The van der Waals surface area contributed by atoms with Gasteiger partial charge in [0.15, 0.2) is 5.17 Å². The normalized spacial score (nSPS) is 15.9. The van der Waals surface area contributed by atoms with E-state index in [0.717, 1.165) is 12.3 Å². The molecule has 0 saturated heterocycles. The molecule has 0 radical (unpaired) electrons. The van der Waals surface area contributed by atoms with Crippen molar-refractivity contribution in [1.82, 2.24) is 10.6 Å². The van der Waals surface area contributed by atoms with Gasteiger partial charge in [0.2, 0.25) is 5.91 Å². The molecule has 1 atom stereocenters. The highest BCUT2D eigenvalue weighted by molar-refractivity contribution is 8.14. The molecule has 0 aromatic carbocycles. The summed E-state index contributed by atoms with van der Waals surface area (Å²) in [6.07, 6.45) is 0. The average Bonchev–Trinajstić information content (AvgIpc) is 3.01. The third-order valence-electron chi connectivity index (χ3n) is 2.30. The Balaban J connectivity index is 1.85. The van der Waals surface area contributed by atoms with Gasteiger partial charge in [-0.3, -0.25) is 14.6 Å². The number of thiophene rings is 1. The highest BCUT2D eigenvalue weighted by Gasteiger charge is 2.19. The molecule has 2 rings (SSSR count). The van der Waals surface area contributed by atoms with Gasteiger partial charge < -0.3 is 10.6 Å². The minimum absolute atomic E-state index is 0.228. The SMILES string of the molecule is C[C@H](NC(=O)c1cccs1)C(=O)NC1=NCCS1. The first kappa shape index (κ1) is 13.1. The smallest absolute Gasteiger partial charge is 0.261 e. The fourth-order valence-electron chi connectivity index (χ4n) is 1.37.